The Morgan fingerprint density at radius 2 is 1.79 bits per heavy atom. The quantitative estimate of drug-likeness (QED) is 0.362. The smallest absolute Gasteiger partial charge is 0.308 e. The molecule has 0 aliphatic carbocycles. The Kier molecular flexibility index (Phi) is 6.28. The Labute approximate surface area is 200 Å². The van der Waals surface area contributed by atoms with Gasteiger partial charge in [0.2, 0.25) is 0 Å². The van der Waals surface area contributed by atoms with Crippen molar-refractivity contribution < 1.29 is 4.79 Å². The fraction of sp³-hybridized carbons (Fsp3) is 0.241. The van der Waals surface area contributed by atoms with E-state index in [1.165, 1.54) is 27.6 Å². The molecule has 5 rings (SSSR count). The fourth-order valence-corrected chi connectivity index (χ4v) is 4.69. The summed E-state index contributed by atoms with van der Waals surface area (Å²) in [6.07, 6.45) is 2.80. The normalized spacial score (nSPS) is 13.6. The molecule has 2 N–H and O–H groups in total. The molecule has 0 spiro atoms. The third-order valence-electron chi connectivity index (χ3n) is 6.56. The van der Waals surface area contributed by atoms with Gasteiger partial charge in [-0.3, -0.25) is 9.88 Å². The number of carbonyl (C=O) groups is 1. The maximum Gasteiger partial charge on any atom is 0.323 e. The zero-order valence-electron chi connectivity index (χ0n) is 19.7. The lowest BCUT2D eigenvalue weighted by molar-refractivity contribution is 0.246. The highest BCUT2D eigenvalue weighted by Gasteiger charge is 2.20. The summed E-state index contributed by atoms with van der Waals surface area (Å²) in [6, 6.07) is 24.4. The summed E-state index contributed by atoms with van der Waals surface area (Å²) in [5.74, 6) is 0.468. The van der Waals surface area contributed by atoms with E-state index in [1.807, 2.05) is 36.5 Å². The number of carbonyl (C=O) groups excluding carboxylic acids is 1. The second-order valence-electron chi connectivity index (χ2n) is 9.25. The van der Waals surface area contributed by atoms with E-state index in [0.29, 0.717) is 5.92 Å². The summed E-state index contributed by atoms with van der Waals surface area (Å²) in [4.78, 5) is 19.6. The number of para-hydroxylation sites is 1. The number of pyridine rings is 1. The molecule has 0 fully saturated rings. The molecule has 0 saturated heterocycles. The van der Waals surface area contributed by atoms with E-state index in [1.54, 1.807) is 0 Å². The number of urea groups is 1. The maximum absolute atomic E-state index is 12.7. The van der Waals surface area contributed by atoms with Gasteiger partial charge in [-0.25, -0.2) is 4.79 Å². The first-order chi connectivity index (χ1) is 16.6. The Hall–Kier alpha value is -3.70. The van der Waals surface area contributed by atoms with E-state index in [9.17, 15) is 4.79 Å². The van der Waals surface area contributed by atoms with Crippen LogP contribution in [0, 0.1) is 0 Å². The average molecular weight is 451 g/mol. The Balaban J connectivity index is 1.26. The Morgan fingerprint density at radius 1 is 0.971 bits per heavy atom. The van der Waals surface area contributed by atoms with Gasteiger partial charge in [-0.1, -0.05) is 56.3 Å². The third kappa shape index (κ3) is 4.80. The summed E-state index contributed by atoms with van der Waals surface area (Å²) in [7, 11) is 0. The zero-order valence-corrected chi connectivity index (χ0v) is 19.7. The van der Waals surface area contributed by atoms with Gasteiger partial charge in [-0.05, 0) is 64.9 Å². The van der Waals surface area contributed by atoms with Gasteiger partial charge in [0.25, 0.3) is 0 Å². The van der Waals surface area contributed by atoms with Crippen LogP contribution in [0.4, 0.5) is 16.2 Å². The molecule has 34 heavy (non-hydrogen) atoms. The van der Waals surface area contributed by atoms with Crippen molar-refractivity contribution in [2.24, 2.45) is 0 Å². The molecule has 0 radical (unpaired) electrons. The van der Waals surface area contributed by atoms with Crippen molar-refractivity contribution in [2.75, 3.05) is 17.2 Å². The van der Waals surface area contributed by atoms with E-state index < -0.39 is 0 Å². The van der Waals surface area contributed by atoms with Crippen molar-refractivity contribution >= 4 is 28.3 Å². The lowest BCUT2D eigenvalue weighted by Gasteiger charge is -2.30. The predicted molar refractivity (Wildman–Crippen MR) is 139 cm³/mol. The van der Waals surface area contributed by atoms with Crippen molar-refractivity contribution in [3.8, 4) is 0 Å². The summed E-state index contributed by atoms with van der Waals surface area (Å²) < 4.78 is 0. The lowest BCUT2D eigenvalue weighted by Crippen LogP contribution is -2.31. The molecule has 1 aliphatic rings. The standard InChI is InChI=1S/C29H30N4O/c1-20(2)21-10-12-24(13-11-21)31-29(34)32-28-9-5-6-22-18-33(17-15-26(22)28)19-23-14-16-30-27-8-4-3-7-25(23)27/h3-14,16,20H,15,17-19H2,1-2H3,(H2,31,32,34). The van der Waals surface area contributed by atoms with Gasteiger partial charge in [0.15, 0.2) is 0 Å². The highest BCUT2D eigenvalue weighted by molar-refractivity contribution is 6.00. The second-order valence-corrected chi connectivity index (χ2v) is 9.25. The molecule has 0 bridgehead atoms. The summed E-state index contributed by atoms with van der Waals surface area (Å²) in [5.41, 5.74) is 7.77. The first-order valence-corrected chi connectivity index (χ1v) is 11.9. The number of nitrogens with one attached hydrogen (secondary N) is 2. The minimum atomic E-state index is -0.212. The van der Waals surface area contributed by atoms with Crippen LogP contribution in [0.3, 0.4) is 0 Å². The van der Waals surface area contributed by atoms with Crippen molar-refractivity contribution in [2.45, 2.75) is 39.3 Å². The number of amides is 2. The van der Waals surface area contributed by atoms with Gasteiger partial charge < -0.3 is 10.6 Å². The molecule has 1 aromatic heterocycles. The first kappa shape index (κ1) is 22.1. The number of rotatable bonds is 5. The summed E-state index contributed by atoms with van der Waals surface area (Å²) in [5, 5.41) is 7.24. The number of nitrogens with zero attached hydrogens (tertiary/aromatic N) is 2. The molecule has 5 nitrogen and oxygen atoms in total. The molecule has 2 heterocycles. The maximum atomic E-state index is 12.7. The van der Waals surface area contributed by atoms with Crippen LogP contribution in [0.25, 0.3) is 10.9 Å². The molecule has 172 valence electrons. The van der Waals surface area contributed by atoms with Crippen molar-refractivity contribution in [3.63, 3.8) is 0 Å². The number of aromatic nitrogens is 1. The minimum absolute atomic E-state index is 0.212. The Bertz CT molecular complexity index is 1310. The average Bonchev–Trinajstić information content (AvgIpc) is 2.84. The van der Waals surface area contributed by atoms with Gasteiger partial charge in [0.05, 0.1) is 5.52 Å². The highest BCUT2D eigenvalue weighted by atomic mass is 16.2. The fourth-order valence-electron chi connectivity index (χ4n) is 4.69. The van der Waals surface area contributed by atoms with Crippen molar-refractivity contribution in [1.29, 1.82) is 0 Å². The van der Waals surface area contributed by atoms with Crippen LogP contribution in [0.15, 0.2) is 79.0 Å². The number of hydrogen-bond acceptors (Lipinski definition) is 3. The molecule has 1 aliphatic heterocycles. The zero-order chi connectivity index (χ0) is 23.5. The van der Waals surface area contributed by atoms with E-state index in [4.69, 9.17) is 0 Å². The van der Waals surface area contributed by atoms with E-state index >= 15 is 0 Å². The van der Waals surface area contributed by atoms with E-state index in [-0.39, 0.29) is 6.03 Å². The summed E-state index contributed by atoms with van der Waals surface area (Å²) >= 11 is 0. The topological polar surface area (TPSA) is 57.3 Å². The third-order valence-corrected chi connectivity index (χ3v) is 6.56. The van der Waals surface area contributed by atoms with Crippen LogP contribution in [-0.2, 0) is 19.5 Å². The second kappa shape index (κ2) is 9.65. The van der Waals surface area contributed by atoms with Crippen LogP contribution >= 0.6 is 0 Å². The largest absolute Gasteiger partial charge is 0.323 e. The number of benzene rings is 3. The molecule has 0 unspecified atom stereocenters. The molecular formula is C29H30N4O. The molecule has 0 atom stereocenters. The van der Waals surface area contributed by atoms with E-state index in [2.05, 4.69) is 76.8 Å². The van der Waals surface area contributed by atoms with Crippen LogP contribution in [0.2, 0.25) is 0 Å². The SMILES string of the molecule is CC(C)c1ccc(NC(=O)Nc2cccc3c2CCN(Cc2ccnc4ccccc24)C3)cc1. The molecule has 0 saturated carbocycles. The number of anilines is 2. The van der Waals surface area contributed by atoms with Crippen LogP contribution in [-0.4, -0.2) is 22.5 Å². The van der Waals surface area contributed by atoms with Crippen LogP contribution < -0.4 is 10.6 Å². The molecular weight excluding hydrogens is 420 g/mol. The van der Waals surface area contributed by atoms with Crippen molar-refractivity contribution in [3.05, 3.63) is 101 Å². The van der Waals surface area contributed by atoms with Gasteiger partial charge >= 0.3 is 6.03 Å². The summed E-state index contributed by atoms with van der Waals surface area (Å²) in [6.45, 7) is 7.01. The predicted octanol–water partition coefficient (Wildman–Crippen LogP) is 6.56. The van der Waals surface area contributed by atoms with Crippen LogP contribution in [0.1, 0.15) is 42.0 Å². The highest BCUT2D eigenvalue weighted by Crippen LogP contribution is 2.28. The van der Waals surface area contributed by atoms with Crippen LogP contribution in [0.5, 0.6) is 0 Å². The molecule has 2 amide bonds. The number of hydrogen-bond donors (Lipinski definition) is 2. The monoisotopic (exact) mass is 450 g/mol. The van der Waals surface area contributed by atoms with Gasteiger partial charge in [0.1, 0.15) is 0 Å². The molecule has 5 heteroatoms. The lowest BCUT2D eigenvalue weighted by atomic mass is 9.97. The van der Waals surface area contributed by atoms with Crippen molar-refractivity contribution in [1.82, 2.24) is 9.88 Å². The Morgan fingerprint density at radius 3 is 2.62 bits per heavy atom. The van der Waals surface area contributed by atoms with Gasteiger partial charge in [0, 0.05) is 42.6 Å². The van der Waals surface area contributed by atoms with Gasteiger partial charge in [-0.2, -0.15) is 0 Å². The molecule has 3 aromatic carbocycles. The van der Waals surface area contributed by atoms with Gasteiger partial charge in [-0.15, -0.1) is 0 Å². The molecule has 4 aromatic rings. The first-order valence-electron chi connectivity index (χ1n) is 11.9. The minimum Gasteiger partial charge on any atom is -0.308 e. The number of fused-ring (bicyclic) bond motifs is 2. The van der Waals surface area contributed by atoms with E-state index in [0.717, 1.165) is 42.9 Å².